The number of hydrogen-bond donors (Lipinski definition) is 3. The average Bonchev–Trinajstić information content (AvgIpc) is 3.29. The summed E-state index contributed by atoms with van der Waals surface area (Å²) < 4.78 is 5.44. The number of esters is 1. The van der Waals surface area contributed by atoms with Crippen molar-refractivity contribution >= 4 is 11.9 Å². The quantitative estimate of drug-likeness (QED) is 0.120. The highest BCUT2D eigenvalue weighted by Crippen LogP contribution is 2.11. The molecule has 196 valence electrons. The number of carbonyl (C=O) groups excluding carboxylic acids is 2. The highest BCUT2D eigenvalue weighted by atomic mass is 16.5. The van der Waals surface area contributed by atoms with Crippen LogP contribution in [0.25, 0.3) is 0 Å². The standard InChI is InChI=1S/C28H51N3O3/c1-3-4-5-6-7-8-9-10-11-12-13-14-15-16-17-18-22-34-28(33)26-23-25(24-30-26)31-27(32)20-19-21-29-2/h7-8,10-11,25-26,29-30H,3-6,9,12-24H2,1-2H3,(H,31,32)/b8-7-,11-10-/t25-,26+/m1/s1. The third kappa shape index (κ3) is 16.9. The van der Waals surface area contributed by atoms with Gasteiger partial charge in [-0.3, -0.25) is 9.59 Å². The van der Waals surface area contributed by atoms with Crippen molar-refractivity contribution in [3.8, 4) is 0 Å². The van der Waals surface area contributed by atoms with Gasteiger partial charge < -0.3 is 20.7 Å². The van der Waals surface area contributed by atoms with E-state index >= 15 is 0 Å². The van der Waals surface area contributed by atoms with Crippen LogP contribution in [0.2, 0.25) is 0 Å². The lowest BCUT2D eigenvalue weighted by atomic mass is 10.1. The van der Waals surface area contributed by atoms with Gasteiger partial charge in [-0.1, -0.05) is 69.8 Å². The highest BCUT2D eigenvalue weighted by molar-refractivity contribution is 5.78. The van der Waals surface area contributed by atoms with Crippen LogP contribution in [0, 0.1) is 0 Å². The maximum Gasteiger partial charge on any atom is 0.323 e. The first-order valence-corrected chi connectivity index (χ1v) is 13.8. The topological polar surface area (TPSA) is 79.5 Å². The van der Waals surface area contributed by atoms with Crippen molar-refractivity contribution in [2.24, 2.45) is 0 Å². The van der Waals surface area contributed by atoms with E-state index in [2.05, 4.69) is 47.2 Å². The van der Waals surface area contributed by atoms with Crippen LogP contribution < -0.4 is 16.0 Å². The molecule has 0 aliphatic carbocycles. The molecule has 0 aromatic rings. The summed E-state index contributed by atoms with van der Waals surface area (Å²) in [6.45, 7) is 4.20. The van der Waals surface area contributed by atoms with Gasteiger partial charge in [0.05, 0.1) is 6.61 Å². The second-order valence-electron chi connectivity index (χ2n) is 9.42. The fraction of sp³-hybridized carbons (Fsp3) is 0.786. The number of allylic oxidation sites excluding steroid dienone is 4. The molecule has 0 radical (unpaired) electrons. The lowest BCUT2D eigenvalue weighted by Crippen LogP contribution is -2.36. The molecule has 34 heavy (non-hydrogen) atoms. The Morgan fingerprint density at radius 2 is 1.59 bits per heavy atom. The van der Waals surface area contributed by atoms with E-state index in [9.17, 15) is 9.59 Å². The Balaban J connectivity index is 1.91. The van der Waals surface area contributed by atoms with E-state index in [1.807, 2.05) is 7.05 Å². The predicted molar refractivity (Wildman–Crippen MR) is 142 cm³/mol. The zero-order valence-corrected chi connectivity index (χ0v) is 21.9. The molecule has 1 aliphatic heterocycles. The minimum atomic E-state index is -0.299. The van der Waals surface area contributed by atoms with Gasteiger partial charge >= 0.3 is 5.97 Å². The Labute approximate surface area is 208 Å². The molecule has 6 nitrogen and oxygen atoms in total. The number of nitrogens with one attached hydrogen (secondary N) is 3. The molecule has 1 heterocycles. The van der Waals surface area contributed by atoms with Crippen LogP contribution in [0.5, 0.6) is 0 Å². The van der Waals surface area contributed by atoms with Crippen LogP contribution >= 0.6 is 0 Å². The first kappa shape index (κ1) is 30.4. The second kappa shape index (κ2) is 21.8. The molecule has 0 unspecified atom stereocenters. The molecule has 0 spiro atoms. The molecular weight excluding hydrogens is 426 g/mol. The molecule has 0 aromatic heterocycles. The van der Waals surface area contributed by atoms with Gasteiger partial charge in [0.1, 0.15) is 6.04 Å². The van der Waals surface area contributed by atoms with Crippen molar-refractivity contribution in [2.75, 3.05) is 26.7 Å². The Morgan fingerprint density at radius 1 is 0.912 bits per heavy atom. The van der Waals surface area contributed by atoms with E-state index in [4.69, 9.17) is 4.74 Å². The summed E-state index contributed by atoms with van der Waals surface area (Å²) in [5, 5.41) is 9.22. The summed E-state index contributed by atoms with van der Waals surface area (Å²) in [7, 11) is 1.88. The number of carbonyl (C=O) groups is 2. The van der Waals surface area contributed by atoms with Crippen molar-refractivity contribution in [1.82, 2.24) is 16.0 Å². The van der Waals surface area contributed by atoms with E-state index in [0.29, 0.717) is 26.0 Å². The van der Waals surface area contributed by atoms with Crippen molar-refractivity contribution in [3.63, 3.8) is 0 Å². The van der Waals surface area contributed by atoms with Crippen molar-refractivity contribution in [3.05, 3.63) is 24.3 Å². The SMILES string of the molecule is CCCCC/C=C\C/C=C\CCCCCCCCOC(=O)[C@@H]1C[C@@H](NC(=O)CCCNC)CN1. The summed E-state index contributed by atoms with van der Waals surface area (Å²) in [5.41, 5.74) is 0. The van der Waals surface area contributed by atoms with Gasteiger partial charge in [-0.2, -0.15) is 0 Å². The largest absolute Gasteiger partial charge is 0.465 e. The van der Waals surface area contributed by atoms with E-state index in [1.165, 1.54) is 57.8 Å². The maximum atomic E-state index is 12.2. The smallest absolute Gasteiger partial charge is 0.323 e. The van der Waals surface area contributed by atoms with Crippen molar-refractivity contribution in [1.29, 1.82) is 0 Å². The molecule has 1 saturated heterocycles. The Hall–Kier alpha value is -1.66. The average molecular weight is 478 g/mol. The fourth-order valence-electron chi connectivity index (χ4n) is 4.11. The maximum absolute atomic E-state index is 12.2. The van der Waals surface area contributed by atoms with Gasteiger partial charge in [0, 0.05) is 19.0 Å². The molecule has 6 heteroatoms. The highest BCUT2D eigenvalue weighted by Gasteiger charge is 2.31. The van der Waals surface area contributed by atoms with Crippen LogP contribution in [0.4, 0.5) is 0 Å². The van der Waals surface area contributed by atoms with Crippen LogP contribution in [-0.4, -0.2) is 50.7 Å². The predicted octanol–water partition coefficient (Wildman–Crippen LogP) is 5.19. The fourth-order valence-corrected chi connectivity index (χ4v) is 4.11. The lowest BCUT2D eigenvalue weighted by molar-refractivity contribution is -0.146. The molecule has 0 saturated carbocycles. The second-order valence-corrected chi connectivity index (χ2v) is 9.42. The third-order valence-corrected chi connectivity index (χ3v) is 6.20. The number of unbranched alkanes of at least 4 members (excludes halogenated alkanes) is 9. The van der Waals surface area contributed by atoms with Gasteiger partial charge in [0.15, 0.2) is 0 Å². The van der Waals surface area contributed by atoms with Gasteiger partial charge in [-0.15, -0.1) is 0 Å². The monoisotopic (exact) mass is 477 g/mol. The number of hydrogen-bond acceptors (Lipinski definition) is 5. The minimum absolute atomic E-state index is 0.0153. The van der Waals surface area contributed by atoms with Gasteiger partial charge in [-0.05, 0) is 65.0 Å². The molecule has 0 bridgehead atoms. The van der Waals surface area contributed by atoms with Gasteiger partial charge in [0.2, 0.25) is 5.91 Å². The molecule has 1 rings (SSSR count). The zero-order valence-electron chi connectivity index (χ0n) is 21.9. The van der Waals surface area contributed by atoms with Gasteiger partial charge in [-0.25, -0.2) is 0 Å². The summed E-state index contributed by atoms with van der Waals surface area (Å²) in [4.78, 5) is 24.1. The lowest BCUT2D eigenvalue weighted by Gasteiger charge is -2.12. The van der Waals surface area contributed by atoms with Crippen LogP contribution in [-0.2, 0) is 14.3 Å². The number of ether oxygens (including phenoxy) is 1. The Kier molecular flexibility index (Phi) is 19.5. The van der Waals surface area contributed by atoms with E-state index in [-0.39, 0.29) is 24.0 Å². The van der Waals surface area contributed by atoms with E-state index < -0.39 is 0 Å². The van der Waals surface area contributed by atoms with Crippen LogP contribution in [0.1, 0.15) is 103 Å². The Bertz CT molecular complexity index is 577. The molecule has 3 N–H and O–H groups in total. The van der Waals surface area contributed by atoms with Crippen LogP contribution in [0.15, 0.2) is 24.3 Å². The summed E-state index contributed by atoms with van der Waals surface area (Å²) in [6, 6.07) is -0.284. The minimum Gasteiger partial charge on any atom is -0.465 e. The van der Waals surface area contributed by atoms with Crippen molar-refractivity contribution in [2.45, 2.75) is 115 Å². The molecule has 0 aromatic carbocycles. The molecule has 1 aliphatic rings. The molecule has 1 fully saturated rings. The summed E-state index contributed by atoms with van der Waals surface area (Å²) in [5.74, 6) is -0.132. The zero-order chi connectivity index (χ0) is 24.7. The first-order chi connectivity index (χ1) is 16.7. The Morgan fingerprint density at radius 3 is 2.29 bits per heavy atom. The molecule has 2 atom stereocenters. The third-order valence-electron chi connectivity index (χ3n) is 6.20. The summed E-state index contributed by atoms with van der Waals surface area (Å²) >= 11 is 0. The number of amides is 1. The number of rotatable bonds is 21. The van der Waals surface area contributed by atoms with E-state index in [1.54, 1.807) is 0 Å². The normalized spacial score (nSPS) is 18.2. The first-order valence-electron chi connectivity index (χ1n) is 13.8. The van der Waals surface area contributed by atoms with Crippen molar-refractivity contribution < 1.29 is 14.3 Å². The van der Waals surface area contributed by atoms with Gasteiger partial charge in [0.25, 0.3) is 0 Å². The van der Waals surface area contributed by atoms with Crippen LogP contribution in [0.3, 0.4) is 0 Å². The van der Waals surface area contributed by atoms with E-state index in [0.717, 1.165) is 32.2 Å². The molecular formula is C28H51N3O3. The molecule has 1 amide bonds. The summed E-state index contributed by atoms with van der Waals surface area (Å²) in [6.07, 6.45) is 25.5.